The summed E-state index contributed by atoms with van der Waals surface area (Å²) in [4.78, 5) is 25.7. The third kappa shape index (κ3) is 2.99. The molecule has 4 aliphatic rings. The first-order valence-electron chi connectivity index (χ1n) is 11.4. The second kappa shape index (κ2) is 6.96. The van der Waals surface area contributed by atoms with E-state index in [1.54, 1.807) is 11.8 Å². The van der Waals surface area contributed by atoms with Crippen LogP contribution in [0, 0.1) is 34.5 Å². The topological polar surface area (TPSA) is 37.4 Å². The molecule has 0 aromatic rings. The minimum atomic E-state index is 0.0368. The van der Waals surface area contributed by atoms with E-state index in [9.17, 15) is 9.59 Å². The number of amides is 1. The first-order valence-corrected chi connectivity index (χ1v) is 11.4. The van der Waals surface area contributed by atoms with Crippen LogP contribution >= 0.6 is 0 Å². The third-order valence-corrected chi connectivity index (χ3v) is 9.51. The largest absolute Gasteiger partial charge is 0.316 e. The Bertz CT molecular complexity index is 821. The average Bonchev–Trinajstić information content (AvgIpc) is 3.03. The number of Topliss-reactive ketones (excluding diaryl/α,β-unsaturated/α-hetero) is 1. The van der Waals surface area contributed by atoms with Crippen molar-refractivity contribution >= 4 is 11.7 Å². The predicted octanol–water partition coefficient (Wildman–Crippen LogP) is 5.68. The summed E-state index contributed by atoms with van der Waals surface area (Å²) in [7, 11) is 1.82. The van der Waals surface area contributed by atoms with Crippen LogP contribution in [0.5, 0.6) is 0 Å². The zero-order chi connectivity index (χ0) is 21.1. The van der Waals surface area contributed by atoms with Crippen molar-refractivity contribution in [2.24, 2.45) is 34.5 Å². The first kappa shape index (κ1) is 20.6. The van der Waals surface area contributed by atoms with E-state index in [-0.39, 0.29) is 22.7 Å². The molecule has 0 aromatic carbocycles. The molecule has 0 saturated heterocycles. The van der Waals surface area contributed by atoms with Crippen LogP contribution in [0.2, 0.25) is 0 Å². The Balaban J connectivity index is 1.63. The smallest absolute Gasteiger partial charge is 0.223 e. The maximum atomic E-state index is 12.3. The van der Waals surface area contributed by atoms with E-state index in [1.807, 2.05) is 14.0 Å². The van der Waals surface area contributed by atoms with Gasteiger partial charge in [0.05, 0.1) is 0 Å². The summed E-state index contributed by atoms with van der Waals surface area (Å²) < 4.78 is 0. The van der Waals surface area contributed by atoms with Crippen LogP contribution in [0.25, 0.3) is 0 Å². The number of carbonyl (C=O) groups excluding carboxylic acids is 2. The van der Waals surface area contributed by atoms with Gasteiger partial charge in [-0.1, -0.05) is 32.6 Å². The van der Waals surface area contributed by atoms with Crippen molar-refractivity contribution in [3.63, 3.8) is 0 Å². The van der Waals surface area contributed by atoms with Crippen LogP contribution in [0.15, 0.2) is 35.6 Å². The summed E-state index contributed by atoms with van der Waals surface area (Å²) in [6, 6.07) is 0. The van der Waals surface area contributed by atoms with Crippen LogP contribution in [0.4, 0.5) is 0 Å². The quantitative estimate of drug-likeness (QED) is 0.616. The number of rotatable bonds is 3. The average molecular weight is 396 g/mol. The van der Waals surface area contributed by atoms with E-state index in [2.05, 4.69) is 32.6 Å². The number of ketones is 1. The molecule has 29 heavy (non-hydrogen) atoms. The molecule has 1 amide bonds. The summed E-state index contributed by atoms with van der Waals surface area (Å²) in [5.41, 5.74) is 3.95. The molecule has 4 rings (SSSR count). The maximum Gasteiger partial charge on any atom is 0.223 e. The zero-order valence-corrected chi connectivity index (χ0v) is 18.9. The number of nitrogens with zero attached hydrogens (tertiary/aromatic N) is 1. The van der Waals surface area contributed by atoms with Gasteiger partial charge < -0.3 is 4.90 Å². The fraction of sp³-hybridized carbons (Fsp3) is 0.692. The highest BCUT2D eigenvalue weighted by molar-refractivity contribution is 5.79. The molecule has 0 spiro atoms. The number of hydrogen-bond acceptors (Lipinski definition) is 2. The van der Waals surface area contributed by atoms with Crippen molar-refractivity contribution in [3.8, 4) is 0 Å². The normalized spacial score (nSPS) is 40.7. The lowest BCUT2D eigenvalue weighted by Crippen LogP contribution is -2.49. The second-order valence-corrected chi connectivity index (χ2v) is 10.7. The summed E-state index contributed by atoms with van der Waals surface area (Å²) in [6.45, 7) is 12.5. The second-order valence-electron chi connectivity index (χ2n) is 10.7. The zero-order valence-electron chi connectivity index (χ0n) is 18.9. The van der Waals surface area contributed by atoms with Crippen molar-refractivity contribution in [1.29, 1.82) is 0 Å². The van der Waals surface area contributed by atoms with Gasteiger partial charge in [0.15, 0.2) is 0 Å². The molecule has 2 fully saturated rings. The van der Waals surface area contributed by atoms with E-state index in [4.69, 9.17) is 0 Å². The summed E-state index contributed by atoms with van der Waals surface area (Å²) in [6.07, 6.45) is 12.8. The SMILES string of the molecule is C=C(C1=CC2=CC[C@@H]3[C@H](CC[C@]4(C)C(C(C)=O)CC[C@@H]34)[C@@]2(C)CC1)N(C)C(C)=O. The molecule has 0 aliphatic heterocycles. The summed E-state index contributed by atoms with van der Waals surface area (Å²) in [5.74, 6) is 2.83. The van der Waals surface area contributed by atoms with Gasteiger partial charge in [0, 0.05) is 25.6 Å². The van der Waals surface area contributed by atoms with E-state index in [1.165, 1.54) is 30.4 Å². The van der Waals surface area contributed by atoms with E-state index in [0.29, 0.717) is 23.5 Å². The van der Waals surface area contributed by atoms with E-state index in [0.717, 1.165) is 31.4 Å². The summed E-state index contributed by atoms with van der Waals surface area (Å²) >= 11 is 0. The van der Waals surface area contributed by atoms with Gasteiger partial charge in [-0.25, -0.2) is 0 Å². The molecule has 0 N–H and O–H groups in total. The Labute approximate surface area is 176 Å². The van der Waals surface area contributed by atoms with Crippen LogP contribution in [0.1, 0.15) is 72.6 Å². The van der Waals surface area contributed by atoms with Crippen molar-refractivity contribution < 1.29 is 9.59 Å². The first-order chi connectivity index (χ1) is 13.6. The molecule has 0 bridgehead atoms. The van der Waals surface area contributed by atoms with E-state index < -0.39 is 0 Å². The van der Waals surface area contributed by atoms with Gasteiger partial charge in [-0.3, -0.25) is 9.59 Å². The highest BCUT2D eigenvalue weighted by Crippen LogP contribution is 2.66. The van der Waals surface area contributed by atoms with Crippen molar-refractivity contribution in [2.45, 2.75) is 72.6 Å². The number of likely N-dealkylation sites (N-methyl/N-ethyl adjacent to an activating group) is 1. The molecule has 3 heteroatoms. The Morgan fingerprint density at radius 3 is 2.48 bits per heavy atom. The molecule has 1 unspecified atom stereocenters. The molecule has 0 radical (unpaired) electrons. The highest BCUT2D eigenvalue weighted by atomic mass is 16.2. The maximum absolute atomic E-state index is 12.3. The van der Waals surface area contributed by atoms with E-state index >= 15 is 0 Å². The Hall–Kier alpha value is -1.64. The van der Waals surface area contributed by atoms with Crippen molar-refractivity contribution in [1.82, 2.24) is 4.90 Å². The van der Waals surface area contributed by atoms with Gasteiger partial charge >= 0.3 is 0 Å². The van der Waals surface area contributed by atoms with Crippen LogP contribution < -0.4 is 0 Å². The number of hydrogen-bond donors (Lipinski definition) is 0. The molecule has 0 heterocycles. The Morgan fingerprint density at radius 1 is 1.10 bits per heavy atom. The van der Waals surface area contributed by atoms with Gasteiger partial charge in [0.25, 0.3) is 0 Å². The summed E-state index contributed by atoms with van der Waals surface area (Å²) in [5, 5.41) is 0. The van der Waals surface area contributed by atoms with Gasteiger partial charge in [0.2, 0.25) is 5.91 Å². The Morgan fingerprint density at radius 2 is 1.83 bits per heavy atom. The minimum absolute atomic E-state index is 0.0368. The monoisotopic (exact) mass is 395 g/mol. The predicted molar refractivity (Wildman–Crippen MR) is 117 cm³/mol. The highest BCUT2D eigenvalue weighted by Gasteiger charge is 2.58. The third-order valence-electron chi connectivity index (χ3n) is 9.51. The number of carbonyl (C=O) groups is 2. The lowest BCUT2D eigenvalue weighted by Gasteiger charge is -2.57. The standard InChI is InChI=1S/C26H37NO2/c1-16(27(6)18(3)29)19-11-13-25(4)20(15-19)7-8-21-23-10-9-22(17(2)28)26(23,5)14-12-24(21)25/h7,15,21-24H,1,8-14H2,2-6H3/t21-,22?,23-,24-,25-,26+/m0/s1. The van der Waals surface area contributed by atoms with Gasteiger partial charge in [0.1, 0.15) is 5.78 Å². The van der Waals surface area contributed by atoms with Gasteiger partial charge in [-0.15, -0.1) is 0 Å². The number of fused-ring (bicyclic) bond motifs is 5. The lowest BCUT2D eigenvalue weighted by molar-refractivity contribution is -0.127. The molecular weight excluding hydrogens is 358 g/mol. The molecular formula is C26H37NO2. The Kier molecular flexibility index (Phi) is 4.95. The minimum Gasteiger partial charge on any atom is -0.316 e. The van der Waals surface area contributed by atoms with Crippen molar-refractivity contribution in [2.75, 3.05) is 7.05 Å². The molecule has 158 valence electrons. The van der Waals surface area contributed by atoms with Crippen LogP contribution in [-0.2, 0) is 9.59 Å². The molecule has 0 aromatic heterocycles. The molecule has 2 saturated carbocycles. The van der Waals surface area contributed by atoms with Gasteiger partial charge in [-0.2, -0.15) is 0 Å². The van der Waals surface area contributed by atoms with Crippen molar-refractivity contribution in [3.05, 3.63) is 35.6 Å². The fourth-order valence-electron chi connectivity index (χ4n) is 7.63. The number of allylic oxidation sites excluding steroid dienone is 4. The van der Waals surface area contributed by atoms with Gasteiger partial charge in [-0.05, 0) is 91.6 Å². The fourth-order valence-corrected chi connectivity index (χ4v) is 7.63. The molecule has 6 atom stereocenters. The van der Waals surface area contributed by atoms with Crippen LogP contribution in [-0.4, -0.2) is 23.6 Å². The molecule has 3 nitrogen and oxygen atoms in total. The molecule has 4 aliphatic carbocycles. The lowest BCUT2D eigenvalue weighted by atomic mass is 9.47. The van der Waals surface area contributed by atoms with Crippen LogP contribution in [0.3, 0.4) is 0 Å².